The van der Waals surface area contributed by atoms with Crippen molar-refractivity contribution in [3.8, 4) is 0 Å². The zero-order chi connectivity index (χ0) is 19.2. The highest BCUT2D eigenvalue weighted by molar-refractivity contribution is 6.02. The van der Waals surface area contributed by atoms with Crippen molar-refractivity contribution in [2.75, 3.05) is 50.7 Å². The summed E-state index contributed by atoms with van der Waals surface area (Å²) in [6.07, 6.45) is 2.76. The quantitative estimate of drug-likeness (QED) is 0.737. The number of piperazine rings is 1. The zero-order valence-electron chi connectivity index (χ0n) is 16.6. The molecule has 0 bridgehead atoms. The Bertz CT molecular complexity index is 655. The summed E-state index contributed by atoms with van der Waals surface area (Å²) in [6.45, 7) is 11.1. The molecule has 1 aromatic carbocycles. The average molecular weight is 373 g/mol. The lowest BCUT2D eigenvalue weighted by molar-refractivity contribution is -0.125. The number of nitrogens with one attached hydrogen (secondary N) is 1. The molecule has 2 heterocycles. The zero-order valence-corrected chi connectivity index (χ0v) is 16.6. The molecule has 0 unspecified atom stereocenters. The van der Waals surface area contributed by atoms with Crippen LogP contribution in [0.5, 0.6) is 0 Å². The van der Waals surface area contributed by atoms with Crippen molar-refractivity contribution in [1.29, 1.82) is 0 Å². The third-order valence-electron chi connectivity index (χ3n) is 5.57. The van der Waals surface area contributed by atoms with Crippen molar-refractivity contribution in [3.05, 3.63) is 29.8 Å². The minimum Gasteiger partial charge on any atom is -0.354 e. The van der Waals surface area contributed by atoms with E-state index in [1.807, 2.05) is 24.3 Å². The summed E-state index contributed by atoms with van der Waals surface area (Å²) in [5.74, 6) is -0.126. The smallest absolute Gasteiger partial charge is 0.243 e. The monoisotopic (exact) mass is 372 g/mol. The van der Waals surface area contributed by atoms with E-state index in [2.05, 4.69) is 22.0 Å². The molecule has 6 nitrogen and oxygen atoms in total. The second-order valence-electron chi connectivity index (χ2n) is 7.57. The number of hydrogen-bond donors (Lipinski definition) is 1. The first kappa shape index (κ1) is 19.8. The Kier molecular flexibility index (Phi) is 6.85. The molecule has 6 heteroatoms. The highest BCUT2D eigenvalue weighted by Gasteiger charge is 2.36. The predicted molar refractivity (Wildman–Crippen MR) is 108 cm³/mol. The highest BCUT2D eigenvalue weighted by Crippen LogP contribution is 2.32. The standard InChI is InChI=1S/C21H32N4O2/c1-3-10-23-12-14-24(15-13-23)11-6-9-22-21(27)20-16-18-7-4-5-8-19(18)25(20)17(2)26/h4-5,7-8,20H,3,6,9-16H2,1-2H3,(H,22,27)/t20-/m0/s1. The average Bonchev–Trinajstić information content (AvgIpc) is 3.06. The molecule has 0 radical (unpaired) electrons. The first-order valence-electron chi connectivity index (χ1n) is 10.2. The van der Waals surface area contributed by atoms with E-state index in [4.69, 9.17) is 0 Å². The van der Waals surface area contributed by atoms with Crippen molar-refractivity contribution in [2.24, 2.45) is 0 Å². The van der Waals surface area contributed by atoms with Gasteiger partial charge in [-0.2, -0.15) is 0 Å². The van der Waals surface area contributed by atoms with Crippen LogP contribution in [0.15, 0.2) is 24.3 Å². The molecular weight excluding hydrogens is 340 g/mol. The van der Waals surface area contributed by atoms with Crippen LogP contribution in [0, 0.1) is 0 Å². The van der Waals surface area contributed by atoms with Gasteiger partial charge in [0.05, 0.1) is 0 Å². The molecule has 27 heavy (non-hydrogen) atoms. The predicted octanol–water partition coefficient (Wildman–Crippen LogP) is 1.50. The van der Waals surface area contributed by atoms with Crippen LogP contribution in [0.4, 0.5) is 5.69 Å². The van der Waals surface area contributed by atoms with Crippen LogP contribution in [-0.4, -0.2) is 73.5 Å². The molecule has 1 saturated heterocycles. The molecule has 1 atom stereocenters. The van der Waals surface area contributed by atoms with Crippen LogP contribution >= 0.6 is 0 Å². The van der Waals surface area contributed by atoms with Gasteiger partial charge in [0.1, 0.15) is 6.04 Å². The number of fused-ring (bicyclic) bond motifs is 1. The number of carbonyl (C=O) groups is 2. The van der Waals surface area contributed by atoms with E-state index >= 15 is 0 Å². The van der Waals surface area contributed by atoms with Gasteiger partial charge in [-0.25, -0.2) is 0 Å². The number of hydrogen-bond acceptors (Lipinski definition) is 4. The molecule has 0 saturated carbocycles. The molecule has 1 fully saturated rings. The van der Waals surface area contributed by atoms with Gasteiger partial charge in [0, 0.05) is 51.8 Å². The summed E-state index contributed by atoms with van der Waals surface area (Å²) in [6, 6.07) is 7.36. The van der Waals surface area contributed by atoms with Crippen LogP contribution in [-0.2, 0) is 16.0 Å². The van der Waals surface area contributed by atoms with Crippen molar-refractivity contribution >= 4 is 17.5 Å². The van der Waals surface area contributed by atoms with E-state index in [1.165, 1.54) is 19.9 Å². The maximum atomic E-state index is 12.7. The Hall–Kier alpha value is -1.92. The van der Waals surface area contributed by atoms with Gasteiger partial charge in [-0.15, -0.1) is 0 Å². The van der Waals surface area contributed by atoms with Gasteiger partial charge in [0.15, 0.2) is 0 Å². The van der Waals surface area contributed by atoms with E-state index in [-0.39, 0.29) is 11.8 Å². The summed E-state index contributed by atoms with van der Waals surface area (Å²) in [7, 11) is 0. The number of nitrogens with zero attached hydrogens (tertiary/aromatic N) is 3. The van der Waals surface area contributed by atoms with Crippen molar-refractivity contribution in [3.63, 3.8) is 0 Å². The minimum absolute atomic E-state index is 0.0471. The van der Waals surface area contributed by atoms with E-state index in [0.717, 1.165) is 50.4 Å². The van der Waals surface area contributed by atoms with Crippen LogP contribution in [0.1, 0.15) is 32.3 Å². The third kappa shape index (κ3) is 4.87. The second-order valence-corrected chi connectivity index (χ2v) is 7.57. The lowest BCUT2D eigenvalue weighted by Gasteiger charge is -2.34. The number of para-hydroxylation sites is 1. The molecule has 0 spiro atoms. The molecule has 1 N–H and O–H groups in total. The van der Waals surface area contributed by atoms with E-state index < -0.39 is 6.04 Å². The maximum Gasteiger partial charge on any atom is 0.243 e. The lowest BCUT2D eigenvalue weighted by Crippen LogP contribution is -2.48. The first-order chi connectivity index (χ1) is 13.1. The van der Waals surface area contributed by atoms with E-state index in [9.17, 15) is 9.59 Å². The van der Waals surface area contributed by atoms with Gasteiger partial charge >= 0.3 is 0 Å². The van der Waals surface area contributed by atoms with E-state index in [0.29, 0.717) is 13.0 Å². The summed E-state index contributed by atoms with van der Waals surface area (Å²) in [5.41, 5.74) is 1.94. The molecule has 0 aliphatic carbocycles. The van der Waals surface area contributed by atoms with E-state index in [1.54, 1.807) is 4.90 Å². The number of benzene rings is 1. The van der Waals surface area contributed by atoms with Crippen molar-refractivity contribution in [1.82, 2.24) is 15.1 Å². The van der Waals surface area contributed by atoms with Crippen molar-refractivity contribution in [2.45, 2.75) is 39.2 Å². The van der Waals surface area contributed by atoms with Crippen molar-refractivity contribution < 1.29 is 9.59 Å². The van der Waals surface area contributed by atoms with Gasteiger partial charge < -0.3 is 15.1 Å². The fourth-order valence-electron chi connectivity index (χ4n) is 4.17. The minimum atomic E-state index is -0.419. The Labute approximate surface area is 162 Å². The number of anilines is 1. The van der Waals surface area contributed by atoms with Crippen LogP contribution in [0.3, 0.4) is 0 Å². The summed E-state index contributed by atoms with van der Waals surface area (Å²) in [4.78, 5) is 31.4. The molecule has 2 aliphatic rings. The number of amides is 2. The molecule has 3 rings (SSSR count). The van der Waals surface area contributed by atoms with Gasteiger partial charge in [-0.3, -0.25) is 14.5 Å². The summed E-state index contributed by atoms with van der Waals surface area (Å²) < 4.78 is 0. The Morgan fingerprint density at radius 2 is 1.74 bits per heavy atom. The molecule has 2 amide bonds. The van der Waals surface area contributed by atoms with Crippen LogP contribution in [0.2, 0.25) is 0 Å². The Morgan fingerprint density at radius 1 is 1.07 bits per heavy atom. The van der Waals surface area contributed by atoms with Gasteiger partial charge in [0.25, 0.3) is 0 Å². The number of carbonyl (C=O) groups excluding carboxylic acids is 2. The molecule has 0 aromatic heterocycles. The Balaban J connectivity index is 1.42. The fraction of sp³-hybridized carbons (Fsp3) is 0.619. The number of rotatable bonds is 7. The largest absolute Gasteiger partial charge is 0.354 e. The maximum absolute atomic E-state index is 12.7. The third-order valence-corrected chi connectivity index (χ3v) is 5.57. The second kappa shape index (κ2) is 9.33. The van der Waals surface area contributed by atoms with Gasteiger partial charge in [-0.1, -0.05) is 25.1 Å². The van der Waals surface area contributed by atoms with Gasteiger partial charge in [-0.05, 0) is 37.6 Å². The Morgan fingerprint density at radius 3 is 2.41 bits per heavy atom. The van der Waals surface area contributed by atoms with Crippen LogP contribution in [0.25, 0.3) is 0 Å². The van der Waals surface area contributed by atoms with Crippen LogP contribution < -0.4 is 10.2 Å². The molecule has 2 aliphatic heterocycles. The van der Waals surface area contributed by atoms with Gasteiger partial charge in [0.2, 0.25) is 11.8 Å². The normalized spacial score (nSPS) is 20.5. The molecular formula is C21H32N4O2. The topological polar surface area (TPSA) is 55.9 Å². The molecule has 1 aromatic rings. The first-order valence-corrected chi connectivity index (χ1v) is 10.2. The SMILES string of the molecule is CCCN1CCN(CCCNC(=O)[C@@H]2Cc3ccccc3N2C(C)=O)CC1. The molecule has 148 valence electrons. The lowest BCUT2D eigenvalue weighted by atomic mass is 10.1. The summed E-state index contributed by atoms with van der Waals surface area (Å²) in [5, 5.41) is 3.04. The highest BCUT2D eigenvalue weighted by atomic mass is 16.2. The fourth-order valence-corrected chi connectivity index (χ4v) is 4.17. The summed E-state index contributed by atoms with van der Waals surface area (Å²) >= 11 is 0.